The molecule has 0 atom stereocenters. The van der Waals surface area contributed by atoms with Crippen molar-refractivity contribution in [1.82, 2.24) is 4.98 Å². The van der Waals surface area contributed by atoms with Crippen LogP contribution >= 0.6 is 22.9 Å². The number of furan rings is 1. The lowest BCUT2D eigenvalue weighted by molar-refractivity contribution is -0.115. The standard InChI is InChI=1S/C23H18ClN3O3S/c24-16-4-1-3-15(11-16)12-22-26-19(14-31-22)13-21(28)25-17-6-8-18(9-7-17)27-23(29)20-5-2-10-30-20/h1-11,14H,12-13H2,(H,25,28)(H,27,29). The van der Waals surface area contributed by atoms with Gasteiger partial charge in [0.05, 0.1) is 23.4 Å². The van der Waals surface area contributed by atoms with Gasteiger partial charge in [-0.1, -0.05) is 23.7 Å². The maximum atomic E-state index is 12.4. The SMILES string of the molecule is O=C(Cc1csc(Cc2cccc(Cl)c2)n1)Nc1ccc(NC(=O)c2ccco2)cc1. The number of aromatic nitrogens is 1. The quantitative estimate of drug-likeness (QED) is 0.393. The summed E-state index contributed by atoms with van der Waals surface area (Å²) in [6, 6.07) is 17.8. The van der Waals surface area contributed by atoms with Crippen LogP contribution in [0.5, 0.6) is 0 Å². The predicted octanol–water partition coefficient (Wildman–Crippen LogP) is 5.41. The number of anilines is 2. The number of carbonyl (C=O) groups is 2. The predicted molar refractivity (Wildman–Crippen MR) is 122 cm³/mol. The van der Waals surface area contributed by atoms with Crippen molar-refractivity contribution in [2.45, 2.75) is 12.8 Å². The third kappa shape index (κ3) is 5.81. The molecule has 4 aromatic rings. The first kappa shape index (κ1) is 20.8. The molecule has 0 radical (unpaired) electrons. The molecule has 156 valence electrons. The molecule has 0 spiro atoms. The first-order valence-corrected chi connectivity index (χ1v) is 10.7. The highest BCUT2D eigenvalue weighted by Gasteiger charge is 2.11. The fourth-order valence-corrected chi connectivity index (χ4v) is 3.98. The molecule has 0 saturated heterocycles. The van der Waals surface area contributed by atoms with Gasteiger partial charge in [-0.2, -0.15) is 0 Å². The van der Waals surface area contributed by atoms with E-state index < -0.39 is 0 Å². The van der Waals surface area contributed by atoms with Gasteiger partial charge in [-0.15, -0.1) is 11.3 Å². The van der Waals surface area contributed by atoms with Crippen molar-refractivity contribution in [3.05, 3.63) is 99.4 Å². The van der Waals surface area contributed by atoms with E-state index in [1.807, 2.05) is 29.6 Å². The highest BCUT2D eigenvalue weighted by atomic mass is 35.5. The summed E-state index contributed by atoms with van der Waals surface area (Å²) in [7, 11) is 0. The molecule has 0 saturated carbocycles. The van der Waals surface area contributed by atoms with Gasteiger partial charge in [-0.25, -0.2) is 4.98 Å². The van der Waals surface area contributed by atoms with Gasteiger partial charge in [-0.05, 0) is 54.1 Å². The Kier molecular flexibility index (Phi) is 6.45. The van der Waals surface area contributed by atoms with Crippen molar-refractivity contribution >= 4 is 46.1 Å². The average Bonchev–Trinajstić information content (AvgIpc) is 3.42. The van der Waals surface area contributed by atoms with Gasteiger partial charge in [0.2, 0.25) is 5.91 Å². The lowest BCUT2D eigenvalue weighted by atomic mass is 10.2. The number of halogens is 1. The highest BCUT2D eigenvalue weighted by molar-refractivity contribution is 7.09. The van der Waals surface area contributed by atoms with E-state index in [1.54, 1.807) is 36.4 Å². The molecule has 2 heterocycles. The summed E-state index contributed by atoms with van der Waals surface area (Å²) >= 11 is 7.55. The lowest BCUT2D eigenvalue weighted by Gasteiger charge is -2.07. The normalized spacial score (nSPS) is 10.6. The van der Waals surface area contributed by atoms with Crippen LogP contribution in [-0.4, -0.2) is 16.8 Å². The van der Waals surface area contributed by atoms with Gasteiger partial charge < -0.3 is 15.1 Å². The Balaban J connectivity index is 1.29. The molecule has 0 fully saturated rings. The van der Waals surface area contributed by atoms with Crippen LogP contribution < -0.4 is 10.6 Å². The first-order chi connectivity index (χ1) is 15.0. The van der Waals surface area contributed by atoms with Crippen molar-refractivity contribution < 1.29 is 14.0 Å². The van der Waals surface area contributed by atoms with E-state index in [-0.39, 0.29) is 24.0 Å². The molecule has 2 amide bonds. The number of thiazole rings is 1. The first-order valence-electron chi connectivity index (χ1n) is 9.48. The molecule has 2 aromatic carbocycles. The van der Waals surface area contributed by atoms with Crippen LogP contribution in [0.3, 0.4) is 0 Å². The molecule has 0 unspecified atom stereocenters. The Hall–Kier alpha value is -3.42. The second-order valence-electron chi connectivity index (χ2n) is 6.77. The van der Waals surface area contributed by atoms with Crippen molar-refractivity contribution in [3.63, 3.8) is 0 Å². The van der Waals surface area contributed by atoms with Crippen molar-refractivity contribution in [2.24, 2.45) is 0 Å². The summed E-state index contributed by atoms with van der Waals surface area (Å²) in [4.78, 5) is 28.9. The molecule has 6 nitrogen and oxygen atoms in total. The molecular formula is C23H18ClN3O3S. The highest BCUT2D eigenvalue weighted by Crippen LogP contribution is 2.19. The van der Waals surface area contributed by atoms with E-state index in [0.29, 0.717) is 22.8 Å². The van der Waals surface area contributed by atoms with Crippen LogP contribution in [0.4, 0.5) is 11.4 Å². The summed E-state index contributed by atoms with van der Waals surface area (Å²) in [5.41, 5.74) is 3.04. The van der Waals surface area contributed by atoms with Crippen LogP contribution in [0.2, 0.25) is 5.02 Å². The van der Waals surface area contributed by atoms with Crippen LogP contribution in [0.25, 0.3) is 0 Å². The van der Waals surface area contributed by atoms with Crippen LogP contribution in [0.1, 0.15) is 26.8 Å². The van der Waals surface area contributed by atoms with E-state index in [1.165, 1.54) is 17.6 Å². The van der Waals surface area contributed by atoms with E-state index >= 15 is 0 Å². The number of amides is 2. The van der Waals surface area contributed by atoms with Gasteiger partial charge in [0.15, 0.2) is 5.76 Å². The number of nitrogens with one attached hydrogen (secondary N) is 2. The second-order valence-corrected chi connectivity index (χ2v) is 8.15. The number of carbonyl (C=O) groups excluding carboxylic acids is 2. The molecule has 0 aliphatic carbocycles. The van der Waals surface area contributed by atoms with Gasteiger partial charge >= 0.3 is 0 Å². The number of benzene rings is 2. The van der Waals surface area contributed by atoms with Crippen LogP contribution in [0.15, 0.2) is 76.7 Å². The maximum absolute atomic E-state index is 12.4. The number of nitrogens with zero attached hydrogens (tertiary/aromatic N) is 1. The number of rotatable bonds is 7. The second kappa shape index (κ2) is 9.59. The topological polar surface area (TPSA) is 84.2 Å². The molecule has 31 heavy (non-hydrogen) atoms. The fraction of sp³-hybridized carbons (Fsp3) is 0.0870. The third-order valence-corrected chi connectivity index (χ3v) is 5.49. The van der Waals surface area contributed by atoms with Crippen molar-refractivity contribution in [1.29, 1.82) is 0 Å². The molecule has 8 heteroatoms. The zero-order valence-corrected chi connectivity index (χ0v) is 17.9. The Bertz CT molecular complexity index is 1190. The molecule has 0 aliphatic rings. The Morgan fingerprint density at radius 1 is 1.00 bits per heavy atom. The average molecular weight is 452 g/mol. The molecule has 4 rings (SSSR count). The van der Waals surface area contributed by atoms with E-state index in [9.17, 15) is 9.59 Å². The van der Waals surface area contributed by atoms with Gasteiger partial charge in [-0.3, -0.25) is 9.59 Å². The Morgan fingerprint density at radius 2 is 1.77 bits per heavy atom. The summed E-state index contributed by atoms with van der Waals surface area (Å²) in [5, 5.41) is 9.09. The van der Waals surface area contributed by atoms with Crippen LogP contribution in [0, 0.1) is 0 Å². The monoisotopic (exact) mass is 451 g/mol. The third-order valence-electron chi connectivity index (χ3n) is 4.36. The fourth-order valence-electron chi connectivity index (χ4n) is 2.94. The summed E-state index contributed by atoms with van der Waals surface area (Å²) < 4.78 is 5.06. The summed E-state index contributed by atoms with van der Waals surface area (Å²) in [5.74, 6) is -0.263. The molecular weight excluding hydrogens is 434 g/mol. The summed E-state index contributed by atoms with van der Waals surface area (Å²) in [6.07, 6.45) is 2.30. The van der Waals surface area contributed by atoms with Crippen LogP contribution in [-0.2, 0) is 17.6 Å². The smallest absolute Gasteiger partial charge is 0.291 e. The summed E-state index contributed by atoms with van der Waals surface area (Å²) in [6.45, 7) is 0. The Morgan fingerprint density at radius 3 is 2.48 bits per heavy atom. The molecule has 0 bridgehead atoms. The van der Waals surface area contributed by atoms with Gasteiger partial charge in [0.25, 0.3) is 5.91 Å². The zero-order chi connectivity index (χ0) is 21.6. The minimum absolute atomic E-state index is 0.160. The maximum Gasteiger partial charge on any atom is 0.291 e. The van der Waals surface area contributed by atoms with Gasteiger partial charge in [0.1, 0.15) is 0 Å². The Labute approximate surface area is 187 Å². The van der Waals surface area contributed by atoms with E-state index in [0.717, 1.165) is 16.3 Å². The lowest BCUT2D eigenvalue weighted by Crippen LogP contribution is -2.15. The minimum Gasteiger partial charge on any atom is -0.459 e. The minimum atomic E-state index is -0.334. The van der Waals surface area contributed by atoms with E-state index in [4.69, 9.17) is 16.0 Å². The molecule has 2 aromatic heterocycles. The van der Waals surface area contributed by atoms with E-state index in [2.05, 4.69) is 15.6 Å². The number of hydrogen-bond donors (Lipinski definition) is 2. The van der Waals surface area contributed by atoms with Gasteiger partial charge in [0, 0.05) is 28.2 Å². The zero-order valence-electron chi connectivity index (χ0n) is 16.3. The molecule has 2 N–H and O–H groups in total. The van der Waals surface area contributed by atoms with Crippen molar-refractivity contribution in [2.75, 3.05) is 10.6 Å². The van der Waals surface area contributed by atoms with Crippen molar-refractivity contribution in [3.8, 4) is 0 Å². The molecule has 0 aliphatic heterocycles. The largest absolute Gasteiger partial charge is 0.459 e. The number of hydrogen-bond acceptors (Lipinski definition) is 5.